The number of allylic oxidation sites excluding steroid dienone is 1. The van der Waals surface area contributed by atoms with Gasteiger partial charge < -0.3 is 5.32 Å². The molecular weight excluding hydrogens is 300 g/mol. The maximum absolute atomic E-state index is 12.9. The summed E-state index contributed by atoms with van der Waals surface area (Å²) < 4.78 is 0. The SMILES string of the molecule is CC1=C2C(=O)N(c3ccc(C(C)C)cc3)NN2c2ccccc2N1. The van der Waals surface area contributed by atoms with E-state index in [9.17, 15) is 4.79 Å². The minimum absolute atomic E-state index is 0.0631. The fourth-order valence-electron chi connectivity index (χ4n) is 3.12. The van der Waals surface area contributed by atoms with Crippen molar-refractivity contribution in [2.24, 2.45) is 0 Å². The monoisotopic (exact) mass is 320 g/mol. The third kappa shape index (κ3) is 2.17. The highest BCUT2D eigenvalue weighted by molar-refractivity contribution is 6.12. The lowest BCUT2D eigenvalue weighted by molar-refractivity contribution is -0.114. The molecule has 0 saturated carbocycles. The van der Waals surface area contributed by atoms with Crippen LogP contribution in [-0.2, 0) is 4.79 Å². The Morgan fingerprint density at radius 1 is 0.958 bits per heavy atom. The van der Waals surface area contributed by atoms with Gasteiger partial charge in [0.15, 0.2) is 0 Å². The Morgan fingerprint density at radius 2 is 1.67 bits per heavy atom. The molecule has 122 valence electrons. The van der Waals surface area contributed by atoms with E-state index in [2.05, 4.69) is 36.8 Å². The number of nitrogens with zero attached hydrogens (tertiary/aromatic N) is 2. The zero-order valence-corrected chi connectivity index (χ0v) is 14.0. The van der Waals surface area contributed by atoms with Crippen LogP contribution in [0.15, 0.2) is 59.9 Å². The number of fused-ring (bicyclic) bond motifs is 3. The van der Waals surface area contributed by atoms with E-state index in [0.717, 1.165) is 22.8 Å². The van der Waals surface area contributed by atoms with Gasteiger partial charge in [-0.3, -0.25) is 4.79 Å². The Balaban J connectivity index is 1.72. The third-order valence-corrected chi connectivity index (χ3v) is 4.47. The fourth-order valence-corrected chi connectivity index (χ4v) is 3.12. The van der Waals surface area contributed by atoms with Gasteiger partial charge in [-0.05, 0) is 42.7 Å². The average Bonchev–Trinajstić information content (AvgIpc) is 2.93. The van der Waals surface area contributed by atoms with Crippen LogP contribution in [0.25, 0.3) is 0 Å². The van der Waals surface area contributed by atoms with Gasteiger partial charge in [0, 0.05) is 5.70 Å². The van der Waals surface area contributed by atoms with Crippen molar-refractivity contribution in [2.75, 3.05) is 15.3 Å². The molecule has 2 aromatic rings. The molecule has 0 unspecified atom stereocenters. The molecule has 1 saturated heterocycles. The number of hydrogen-bond donors (Lipinski definition) is 2. The lowest BCUT2D eigenvalue weighted by atomic mass is 10.0. The van der Waals surface area contributed by atoms with Gasteiger partial charge in [-0.25, -0.2) is 10.0 Å². The maximum Gasteiger partial charge on any atom is 0.294 e. The van der Waals surface area contributed by atoms with Gasteiger partial charge in [0.2, 0.25) is 0 Å². The van der Waals surface area contributed by atoms with E-state index in [1.165, 1.54) is 5.56 Å². The molecule has 0 atom stereocenters. The summed E-state index contributed by atoms with van der Waals surface area (Å²) >= 11 is 0. The van der Waals surface area contributed by atoms with Crippen molar-refractivity contribution >= 4 is 23.0 Å². The van der Waals surface area contributed by atoms with Gasteiger partial charge >= 0.3 is 0 Å². The van der Waals surface area contributed by atoms with Gasteiger partial charge in [-0.1, -0.05) is 38.1 Å². The van der Waals surface area contributed by atoms with Crippen LogP contribution in [0.1, 0.15) is 32.3 Å². The maximum atomic E-state index is 12.9. The predicted octanol–water partition coefficient (Wildman–Crippen LogP) is 3.74. The van der Waals surface area contributed by atoms with E-state index in [4.69, 9.17) is 0 Å². The number of benzene rings is 2. The number of carbonyl (C=O) groups is 1. The van der Waals surface area contributed by atoms with E-state index in [-0.39, 0.29) is 5.91 Å². The Kier molecular flexibility index (Phi) is 3.32. The molecular formula is C19H20N4O. The van der Waals surface area contributed by atoms with Crippen LogP contribution in [0, 0.1) is 0 Å². The molecule has 5 nitrogen and oxygen atoms in total. The van der Waals surface area contributed by atoms with Crippen molar-refractivity contribution in [3.63, 3.8) is 0 Å². The quantitative estimate of drug-likeness (QED) is 0.885. The average molecular weight is 320 g/mol. The number of rotatable bonds is 2. The zero-order valence-electron chi connectivity index (χ0n) is 14.0. The van der Waals surface area contributed by atoms with Crippen LogP contribution < -0.4 is 20.9 Å². The van der Waals surface area contributed by atoms with Crippen molar-refractivity contribution in [1.82, 2.24) is 5.53 Å². The molecule has 2 N–H and O–H groups in total. The standard InChI is InChI=1S/C19H20N4O/c1-12(2)14-8-10-15(11-9-14)22-19(24)18-13(3)20-16-6-4-5-7-17(16)23(18)21-22/h4-12,20-21H,1-3H3. The Hall–Kier alpha value is -2.79. The van der Waals surface area contributed by atoms with Gasteiger partial charge in [-0.2, -0.15) is 0 Å². The molecule has 0 radical (unpaired) electrons. The van der Waals surface area contributed by atoms with Crippen molar-refractivity contribution in [1.29, 1.82) is 0 Å². The van der Waals surface area contributed by atoms with Crippen LogP contribution in [0.4, 0.5) is 17.1 Å². The van der Waals surface area contributed by atoms with E-state index < -0.39 is 0 Å². The largest absolute Gasteiger partial charge is 0.355 e. The molecule has 0 spiro atoms. The highest BCUT2D eigenvalue weighted by atomic mass is 16.2. The first kappa shape index (κ1) is 14.8. The first-order valence-corrected chi connectivity index (χ1v) is 8.14. The third-order valence-electron chi connectivity index (χ3n) is 4.47. The fraction of sp³-hybridized carbons (Fsp3) is 0.211. The van der Waals surface area contributed by atoms with Gasteiger partial charge in [0.25, 0.3) is 5.91 Å². The minimum Gasteiger partial charge on any atom is -0.355 e. The Morgan fingerprint density at radius 3 is 2.38 bits per heavy atom. The van der Waals surface area contributed by atoms with E-state index in [1.54, 1.807) is 5.01 Å². The smallest absolute Gasteiger partial charge is 0.294 e. The van der Waals surface area contributed by atoms with Crippen LogP contribution >= 0.6 is 0 Å². The summed E-state index contributed by atoms with van der Waals surface area (Å²) in [5.41, 5.74) is 8.69. The van der Waals surface area contributed by atoms with Crippen LogP contribution in [0.5, 0.6) is 0 Å². The number of nitrogens with one attached hydrogen (secondary N) is 2. The molecule has 2 aromatic carbocycles. The molecule has 2 aliphatic heterocycles. The molecule has 24 heavy (non-hydrogen) atoms. The Bertz CT molecular complexity index is 839. The second-order valence-electron chi connectivity index (χ2n) is 6.44. The molecule has 2 heterocycles. The lowest BCUT2D eigenvalue weighted by Crippen LogP contribution is -2.41. The van der Waals surface area contributed by atoms with Crippen molar-refractivity contribution in [3.05, 3.63) is 65.5 Å². The molecule has 0 bridgehead atoms. The van der Waals surface area contributed by atoms with E-state index in [0.29, 0.717) is 11.6 Å². The number of amides is 1. The van der Waals surface area contributed by atoms with Gasteiger partial charge in [0.1, 0.15) is 5.70 Å². The molecule has 2 aliphatic rings. The highest BCUT2D eigenvalue weighted by Crippen LogP contribution is 2.37. The molecule has 1 amide bonds. The minimum atomic E-state index is -0.0631. The topological polar surface area (TPSA) is 47.6 Å². The summed E-state index contributed by atoms with van der Waals surface area (Å²) in [5, 5.41) is 6.75. The second-order valence-corrected chi connectivity index (χ2v) is 6.44. The van der Waals surface area contributed by atoms with Crippen LogP contribution in [0.3, 0.4) is 0 Å². The molecule has 1 fully saturated rings. The number of hydrogen-bond acceptors (Lipinski definition) is 4. The van der Waals surface area contributed by atoms with Crippen LogP contribution in [0.2, 0.25) is 0 Å². The first-order valence-electron chi connectivity index (χ1n) is 8.14. The predicted molar refractivity (Wildman–Crippen MR) is 96.4 cm³/mol. The van der Waals surface area contributed by atoms with E-state index >= 15 is 0 Å². The summed E-state index contributed by atoms with van der Waals surface area (Å²) in [4.78, 5) is 12.9. The Labute approximate surface area is 141 Å². The summed E-state index contributed by atoms with van der Waals surface area (Å²) in [6.07, 6.45) is 0. The first-order chi connectivity index (χ1) is 11.6. The number of para-hydroxylation sites is 2. The number of carbonyl (C=O) groups excluding carboxylic acids is 1. The van der Waals surface area contributed by atoms with Gasteiger partial charge in [0.05, 0.1) is 17.1 Å². The second kappa shape index (κ2) is 5.39. The summed E-state index contributed by atoms with van der Waals surface area (Å²) in [6, 6.07) is 16.0. The lowest BCUT2D eigenvalue weighted by Gasteiger charge is -2.28. The van der Waals surface area contributed by atoms with Crippen molar-refractivity contribution in [2.45, 2.75) is 26.7 Å². The van der Waals surface area contributed by atoms with Gasteiger partial charge in [-0.15, -0.1) is 5.53 Å². The normalized spacial score (nSPS) is 16.4. The van der Waals surface area contributed by atoms with Crippen molar-refractivity contribution < 1.29 is 4.79 Å². The molecule has 0 aromatic heterocycles. The highest BCUT2D eigenvalue weighted by Gasteiger charge is 2.39. The number of anilines is 3. The molecule has 4 rings (SSSR count). The summed E-state index contributed by atoms with van der Waals surface area (Å²) in [7, 11) is 0. The van der Waals surface area contributed by atoms with Crippen LogP contribution in [-0.4, -0.2) is 5.91 Å². The van der Waals surface area contributed by atoms with E-state index in [1.807, 2.05) is 48.3 Å². The van der Waals surface area contributed by atoms with Crippen molar-refractivity contribution in [3.8, 4) is 0 Å². The molecule has 5 heteroatoms. The summed E-state index contributed by atoms with van der Waals surface area (Å²) in [5.74, 6) is 0.403. The zero-order chi connectivity index (χ0) is 16.8. The number of hydrazine groups is 2. The summed E-state index contributed by atoms with van der Waals surface area (Å²) in [6.45, 7) is 6.24. The molecule has 0 aliphatic carbocycles.